The monoisotopic (exact) mass is 680 g/mol. The van der Waals surface area contributed by atoms with Gasteiger partial charge in [0, 0.05) is 31.6 Å². The molecule has 0 aromatic rings. The summed E-state index contributed by atoms with van der Waals surface area (Å²) in [4.78, 5) is 15.8. The van der Waals surface area contributed by atoms with Gasteiger partial charge in [0.05, 0.1) is 54.7 Å². The molecule has 4 saturated carbocycles. The standard InChI is InChI=1S/C26H44N6O11S2/c1-40-12-28-18-10-20(21(41-2)11-19(18)30-29-15-5-3-13(4-6-15)26(34)35)31-32-24-22(44-43-42-36)7-14-8-23(45(37,38)39)17(27)9-16(14)25(24)33/h12-25,33,36H,3-11,27H2,1-2H3,(H,34,35)(H,37,38,39). The van der Waals surface area contributed by atoms with Crippen LogP contribution in [0.5, 0.6) is 0 Å². The fourth-order valence-electron chi connectivity index (χ4n) is 7.24. The van der Waals surface area contributed by atoms with E-state index in [2.05, 4.69) is 30.5 Å². The number of aliphatic imine (C=N–C) groups is 1. The Balaban J connectivity index is 1.48. The van der Waals surface area contributed by atoms with E-state index < -0.39 is 62.8 Å². The van der Waals surface area contributed by atoms with Crippen molar-refractivity contribution in [3.63, 3.8) is 0 Å². The fraction of sp³-hybridized carbons (Fsp3) is 0.923. The Morgan fingerprint density at radius 2 is 1.67 bits per heavy atom. The zero-order valence-electron chi connectivity index (χ0n) is 25.2. The number of hydrogen-bond acceptors (Lipinski definition) is 16. The predicted molar refractivity (Wildman–Crippen MR) is 160 cm³/mol. The number of hydrogen-bond donors (Lipinski definition) is 5. The van der Waals surface area contributed by atoms with Crippen LogP contribution in [0.2, 0.25) is 0 Å². The number of carboxylic acid groups (broad SMARTS) is 1. The molecule has 11 unspecified atom stereocenters. The van der Waals surface area contributed by atoms with Crippen LogP contribution in [0.3, 0.4) is 0 Å². The SMILES string of the molecule is COC=NC1CC(N=NC2C(SOOO)CC3CC(S(=O)(=O)O)C(N)CC3C2O)C(OC)CC1N=NC1CCC(C(=O)O)CC1. The molecule has 4 rings (SSSR count). The Morgan fingerprint density at radius 1 is 0.956 bits per heavy atom. The molecule has 0 aliphatic heterocycles. The largest absolute Gasteiger partial charge is 0.487 e. The maximum Gasteiger partial charge on any atom is 0.306 e. The van der Waals surface area contributed by atoms with Gasteiger partial charge in [-0.2, -0.15) is 28.9 Å². The number of nitrogens with zero attached hydrogens (tertiary/aromatic N) is 5. The van der Waals surface area contributed by atoms with Crippen molar-refractivity contribution in [1.82, 2.24) is 0 Å². The summed E-state index contributed by atoms with van der Waals surface area (Å²) < 4.78 is 49.1. The number of aliphatic carboxylic acids is 1. The van der Waals surface area contributed by atoms with E-state index in [1.165, 1.54) is 13.5 Å². The van der Waals surface area contributed by atoms with E-state index in [-0.39, 0.29) is 42.8 Å². The number of rotatable bonds is 12. The van der Waals surface area contributed by atoms with Crippen molar-refractivity contribution < 1.29 is 52.1 Å². The van der Waals surface area contributed by atoms with Gasteiger partial charge in [-0.1, -0.05) is 5.04 Å². The van der Waals surface area contributed by atoms with Crippen molar-refractivity contribution in [2.45, 2.75) is 117 Å². The van der Waals surface area contributed by atoms with Crippen LogP contribution in [0.4, 0.5) is 0 Å². The second-order valence-corrected chi connectivity index (χ2v) is 14.9. The van der Waals surface area contributed by atoms with Crippen LogP contribution in [-0.2, 0) is 33.8 Å². The Morgan fingerprint density at radius 3 is 2.29 bits per heavy atom. The number of carbonyl (C=O) groups is 1. The van der Waals surface area contributed by atoms with E-state index in [4.69, 9.17) is 24.8 Å². The van der Waals surface area contributed by atoms with Crippen molar-refractivity contribution in [3.05, 3.63) is 0 Å². The minimum Gasteiger partial charge on any atom is -0.487 e. The van der Waals surface area contributed by atoms with Crippen molar-refractivity contribution in [3.8, 4) is 0 Å². The molecule has 19 heteroatoms. The maximum atomic E-state index is 11.9. The number of nitrogens with two attached hydrogens (primary N) is 1. The van der Waals surface area contributed by atoms with Crippen molar-refractivity contribution >= 4 is 34.5 Å². The number of azo groups is 2. The molecule has 6 N–H and O–H groups in total. The molecule has 0 heterocycles. The highest BCUT2D eigenvalue weighted by Gasteiger charge is 2.51. The van der Waals surface area contributed by atoms with Crippen molar-refractivity contribution in [2.75, 3.05) is 14.2 Å². The minimum absolute atomic E-state index is 0.0529. The topological polar surface area (TPSA) is 257 Å². The van der Waals surface area contributed by atoms with Crippen LogP contribution in [-0.4, -0.2) is 114 Å². The highest BCUT2D eigenvalue weighted by Crippen LogP contribution is 2.46. The van der Waals surface area contributed by atoms with E-state index in [1.54, 1.807) is 7.11 Å². The first-order chi connectivity index (χ1) is 21.5. The zero-order chi connectivity index (χ0) is 32.7. The third-order valence-corrected chi connectivity index (χ3v) is 11.9. The van der Waals surface area contributed by atoms with Gasteiger partial charge in [0.25, 0.3) is 10.1 Å². The summed E-state index contributed by atoms with van der Waals surface area (Å²) in [6.07, 6.45) is 3.70. The zero-order valence-corrected chi connectivity index (χ0v) is 26.9. The van der Waals surface area contributed by atoms with Crippen LogP contribution in [0.25, 0.3) is 0 Å². The first-order valence-electron chi connectivity index (χ1n) is 15.1. The minimum atomic E-state index is -4.38. The number of ether oxygens (including phenoxy) is 2. The highest BCUT2D eigenvalue weighted by molar-refractivity contribution is 7.95. The van der Waals surface area contributed by atoms with E-state index in [0.29, 0.717) is 44.9 Å². The second kappa shape index (κ2) is 16.3. The van der Waals surface area contributed by atoms with Crippen LogP contribution in [0.1, 0.15) is 57.8 Å². The third kappa shape index (κ3) is 9.16. The molecule has 256 valence electrons. The van der Waals surface area contributed by atoms with Crippen LogP contribution >= 0.6 is 12.0 Å². The van der Waals surface area contributed by atoms with Gasteiger partial charge in [-0.05, 0) is 63.2 Å². The lowest BCUT2D eigenvalue weighted by molar-refractivity contribution is -0.432. The van der Waals surface area contributed by atoms with Gasteiger partial charge in [0.15, 0.2) is 6.40 Å². The van der Waals surface area contributed by atoms with Crippen molar-refractivity contribution in [1.29, 1.82) is 0 Å². The molecule has 0 aromatic carbocycles. The van der Waals surface area contributed by atoms with Crippen molar-refractivity contribution in [2.24, 2.45) is 48.9 Å². The molecule has 4 aliphatic carbocycles. The summed E-state index contributed by atoms with van der Waals surface area (Å²) in [5.74, 6) is -1.82. The molecule has 0 radical (unpaired) electrons. The molecule has 4 aliphatic rings. The maximum absolute atomic E-state index is 11.9. The summed E-state index contributed by atoms with van der Waals surface area (Å²) >= 11 is 0.741. The van der Waals surface area contributed by atoms with E-state index in [9.17, 15) is 28.0 Å². The van der Waals surface area contributed by atoms with E-state index in [1.807, 2.05) is 0 Å². The molecule has 17 nitrogen and oxygen atoms in total. The summed E-state index contributed by atoms with van der Waals surface area (Å²) in [6.45, 7) is 0. The van der Waals surface area contributed by atoms with Gasteiger partial charge in [-0.25, -0.2) is 5.26 Å². The first-order valence-corrected chi connectivity index (χ1v) is 17.4. The smallest absolute Gasteiger partial charge is 0.306 e. The fourth-order valence-corrected chi connectivity index (χ4v) is 9.08. The van der Waals surface area contributed by atoms with Crippen LogP contribution in [0.15, 0.2) is 25.4 Å². The summed E-state index contributed by atoms with van der Waals surface area (Å²) in [7, 11) is -1.33. The number of aliphatic hydroxyl groups excluding tert-OH is 1. The molecule has 0 saturated heterocycles. The van der Waals surface area contributed by atoms with Gasteiger partial charge in [0.1, 0.15) is 11.3 Å². The van der Waals surface area contributed by atoms with E-state index in [0.717, 1.165) is 12.0 Å². The molecule has 0 bridgehead atoms. The number of fused-ring (bicyclic) bond motifs is 1. The average Bonchev–Trinajstić information content (AvgIpc) is 3.01. The number of carboxylic acids is 1. The molecule has 0 spiro atoms. The Hall–Kier alpha value is -1.84. The molecular formula is C26H44N6O11S2. The molecule has 11 atom stereocenters. The molecule has 45 heavy (non-hydrogen) atoms. The molecule has 0 aromatic heterocycles. The third-order valence-electron chi connectivity index (χ3n) is 9.71. The van der Waals surface area contributed by atoms with Gasteiger partial charge in [-0.15, -0.1) is 4.33 Å². The average molecular weight is 681 g/mol. The summed E-state index contributed by atoms with van der Waals surface area (Å²) in [6, 6.07) is -2.87. The van der Waals surface area contributed by atoms with E-state index >= 15 is 0 Å². The highest BCUT2D eigenvalue weighted by atomic mass is 32.2. The van der Waals surface area contributed by atoms with Gasteiger partial charge >= 0.3 is 5.97 Å². The number of aliphatic hydroxyl groups is 1. The molecule has 4 fully saturated rings. The first kappa shape index (κ1) is 36.0. The molecular weight excluding hydrogens is 636 g/mol. The van der Waals surface area contributed by atoms with Crippen LogP contribution in [0, 0.1) is 17.8 Å². The Kier molecular flexibility index (Phi) is 13.1. The molecule has 0 amide bonds. The lowest BCUT2D eigenvalue weighted by atomic mass is 9.66. The lowest BCUT2D eigenvalue weighted by Crippen LogP contribution is -2.57. The lowest BCUT2D eigenvalue weighted by Gasteiger charge is -2.47. The second-order valence-electron chi connectivity index (χ2n) is 12.4. The summed E-state index contributed by atoms with van der Waals surface area (Å²) in [5, 5.41) is 49.9. The van der Waals surface area contributed by atoms with Gasteiger partial charge < -0.3 is 25.4 Å². The van der Waals surface area contributed by atoms with Gasteiger partial charge in [-0.3, -0.25) is 14.3 Å². The predicted octanol–water partition coefficient (Wildman–Crippen LogP) is 2.30. The van der Waals surface area contributed by atoms with Crippen LogP contribution < -0.4 is 5.73 Å². The van der Waals surface area contributed by atoms with Gasteiger partial charge in [0.2, 0.25) is 0 Å². The Labute approximate surface area is 266 Å². The quantitative estimate of drug-likeness (QED) is 0.0377. The number of methoxy groups -OCH3 is 2. The summed E-state index contributed by atoms with van der Waals surface area (Å²) in [5.41, 5.74) is 6.11. The Bertz CT molecular complexity index is 1170. The normalized spacial score (nSPS) is 41.4.